The second kappa shape index (κ2) is 8.12. The van der Waals surface area contributed by atoms with Gasteiger partial charge in [-0.05, 0) is 48.4 Å². The second-order valence-electron chi connectivity index (χ2n) is 10.1. The maximum absolute atomic E-state index is 13.5. The number of nitrogens with zero attached hydrogens (tertiary/aromatic N) is 6. The predicted molar refractivity (Wildman–Crippen MR) is 132 cm³/mol. The Balaban J connectivity index is 1.10. The highest BCUT2D eigenvalue weighted by Crippen LogP contribution is 2.42. The molecule has 2 aromatic heterocycles. The molecule has 188 valence electrons. The van der Waals surface area contributed by atoms with Crippen LogP contribution in [0, 0.1) is 0 Å². The van der Waals surface area contributed by atoms with Crippen LogP contribution in [-0.4, -0.2) is 72.6 Å². The van der Waals surface area contributed by atoms with Crippen molar-refractivity contribution < 1.29 is 19.1 Å². The first-order chi connectivity index (χ1) is 18.0. The molecular weight excluding hydrogens is 474 g/mol. The van der Waals surface area contributed by atoms with Crippen molar-refractivity contribution in [1.29, 1.82) is 0 Å². The van der Waals surface area contributed by atoms with Crippen molar-refractivity contribution in [1.82, 2.24) is 35.1 Å². The van der Waals surface area contributed by atoms with E-state index in [0.29, 0.717) is 66.0 Å². The largest absolute Gasteiger partial charge is 0.494 e. The van der Waals surface area contributed by atoms with Crippen LogP contribution in [0.15, 0.2) is 36.7 Å². The first-order valence-electron chi connectivity index (χ1n) is 12.5. The number of ketones is 1. The summed E-state index contributed by atoms with van der Waals surface area (Å²) in [5, 5.41) is 14.0. The van der Waals surface area contributed by atoms with Crippen molar-refractivity contribution >= 4 is 22.7 Å². The van der Waals surface area contributed by atoms with E-state index in [2.05, 4.69) is 30.2 Å². The monoisotopic (exact) mass is 499 g/mol. The molecule has 4 aromatic rings. The van der Waals surface area contributed by atoms with E-state index in [9.17, 15) is 9.59 Å². The van der Waals surface area contributed by atoms with E-state index >= 15 is 0 Å². The van der Waals surface area contributed by atoms with E-state index in [-0.39, 0.29) is 18.1 Å². The molecule has 1 amide bonds. The van der Waals surface area contributed by atoms with Gasteiger partial charge in [0, 0.05) is 43.1 Å². The molecule has 0 atom stereocenters. The van der Waals surface area contributed by atoms with Crippen molar-refractivity contribution in [3.63, 3.8) is 0 Å². The minimum atomic E-state index is -0.610. The van der Waals surface area contributed by atoms with Gasteiger partial charge in [0.25, 0.3) is 5.91 Å². The number of likely N-dealkylation sites (tertiary alicyclic amines) is 1. The quantitative estimate of drug-likeness (QED) is 0.453. The highest BCUT2D eigenvalue weighted by Gasteiger charge is 2.44. The van der Waals surface area contributed by atoms with Gasteiger partial charge in [0.15, 0.2) is 5.78 Å². The first kappa shape index (κ1) is 22.0. The van der Waals surface area contributed by atoms with Gasteiger partial charge in [0.2, 0.25) is 5.82 Å². The van der Waals surface area contributed by atoms with Gasteiger partial charge in [-0.15, -0.1) is 10.2 Å². The summed E-state index contributed by atoms with van der Waals surface area (Å²) in [6.45, 7) is 1.01. The minimum absolute atomic E-state index is 0.0231. The lowest BCUT2D eigenvalue weighted by Gasteiger charge is -2.44. The lowest BCUT2D eigenvalue weighted by atomic mass is 9.82. The number of hydrogen-bond donors (Lipinski definition) is 1. The Morgan fingerprint density at radius 3 is 2.76 bits per heavy atom. The number of carbonyl (C=O) groups excluding carboxylic acids is 2. The topological polar surface area (TPSA) is 128 Å². The number of tetrazole rings is 1. The molecule has 2 aliphatic heterocycles. The zero-order valence-electron chi connectivity index (χ0n) is 20.3. The summed E-state index contributed by atoms with van der Waals surface area (Å²) in [6.07, 6.45) is 5.52. The molecule has 7 rings (SSSR count). The van der Waals surface area contributed by atoms with E-state index < -0.39 is 5.60 Å². The summed E-state index contributed by atoms with van der Waals surface area (Å²) >= 11 is 0. The van der Waals surface area contributed by atoms with Gasteiger partial charge < -0.3 is 18.9 Å². The zero-order chi connectivity index (χ0) is 25.1. The highest BCUT2D eigenvalue weighted by atomic mass is 16.5. The lowest BCUT2D eigenvalue weighted by Crippen LogP contribution is -2.52. The van der Waals surface area contributed by atoms with Crippen LogP contribution in [0.5, 0.6) is 11.5 Å². The van der Waals surface area contributed by atoms with Crippen molar-refractivity contribution in [3.8, 4) is 22.9 Å². The number of fused-ring (bicyclic) bond motifs is 2. The van der Waals surface area contributed by atoms with Gasteiger partial charge in [-0.2, -0.15) is 5.21 Å². The van der Waals surface area contributed by atoms with Crippen LogP contribution in [0.1, 0.15) is 58.9 Å². The molecule has 0 bridgehead atoms. The number of benzene rings is 2. The Morgan fingerprint density at radius 1 is 1.19 bits per heavy atom. The van der Waals surface area contributed by atoms with Gasteiger partial charge >= 0.3 is 0 Å². The van der Waals surface area contributed by atoms with E-state index in [1.807, 2.05) is 23.4 Å². The van der Waals surface area contributed by atoms with Gasteiger partial charge in [0.1, 0.15) is 22.6 Å². The lowest BCUT2D eigenvalue weighted by molar-refractivity contribution is -0.00570. The number of nitrogens with one attached hydrogen (secondary N) is 1. The van der Waals surface area contributed by atoms with E-state index in [1.54, 1.807) is 25.3 Å². The van der Waals surface area contributed by atoms with Crippen LogP contribution in [0.2, 0.25) is 0 Å². The fraction of sp³-hybridized carbons (Fsp3) is 0.385. The third kappa shape index (κ3) is 3.64. The number of H-pyrrole nitrogens is 1. The van der Waals surface area contributed by atoms with Gasteiger partial charge in [0.05, 0.1) is 30.9 Å². The number of aromatic amines is 1. The molecule has 0 radical (unpaired) electrons. The maximum Gasteiger partial charge on any atom is 0.254 e. The van der Waals surface area contributed by atoms with Crippen molar-refractivity contribution in [3.05, 3.63) is 47.8 Å². The molecule has 37 heavy (non-hydrogen) atoms. The van der Waals surface area contributed by atoms with Crippen LogP contribution in [0.25, 0.3) is 22.4 Å². The Labute approximate surface area is 211 Å². The Bertz CT molecular complexity index is 1530. The van der Waals surface area contributed by atoms with Gasteiger partial charge in [-0.1, -0.05) is 0 Å². The van der Waals surface area contributed by atoms with Gasteiger partial charge in [-0.3, -0.25) is 9.59 Å². The summed E-state index contributed by atoms with van der Waals surface area (Å²) in [7, 11) is 1.60. The van der Waals surface area contributed by atoms with E-state index in [4.69, 9.17) is 9.47 Å². The molecule has 0 unspecified atom stereocenters. The Morgan fingerprint density at radius 2 is 2.03 bits per heavy atom. The fourth-order valence-electron chi connectivity index (χ4n) is 5.52. The molecule has 11 nitrogen and oxygen atoms in total. The molecular formula is C26H25N7O4. The number of amides is 1. The van der Waals surface area contributed by atoms with Crippen LogP contribution >= 0.6 is 0 Å². The molecule has 1 saturated heterocycles. The van der Waals surface area contributed by atoms with Crippen LogP contribution < -0.4 is 9.47 Å². The second-order valence-corrected chi connectivity index (χ2v) is 10.1. The number of imidazole rings is 1. The molecule has 2 aromatic carbocycles. The summed E-state index contributed by atoms with van der Waals surface area (Å²) in [4.78, 5) is 33.0. The average molecular weight is 500 g/mol. The number of aromatic nitrogens is 6. The normalized spacial score (nSPS) is 18.6. The predicted octanol–water partition coefficient (Wildman–Crippen LogP) is 3.20. The summed E-state index contributed by atoms with van der Waals surface area (Å²) in [5.74, 6) is 1.57. The number of rotatable bonds is 4. The summed E-state index contributed by atoms with van der Waals surface area (Å²) in [5.41, 5.74) is 2.91. The van der Waals surface area contributed by atoms with E-state index in [0.717, 1.165) is 23.9 Å². The molecule has 2 fully saturated rings. The molecule has 1 N–H and O–H groups in total. The van der Waals surface area contributed by atoms with Gasteiger partial charge in [-0.25, -0.2) is 4.98 Å². The molecule has 1 saturated carbocycles. The zero-order valence-corrected chi connectivity index (χ0v) is 20.3. The molecule has 11 heteroatoms. The highest BCUT2D eigenvalue weighted by molar-refractivity contribution is 6.02. The molecule has 1 aliphatic carbocycles. The minimum Gasteiger partial charge on any atom is -0.494 e. The maximum atomic E-state index is 13.5. The molecule has 1 spiro atoms. The first-order valence-corrected chi connectivity index (χ1v) is 12.5. The summed E-state index contributed by atoms with van der Waals surface area (Å²) < 4.78 is 14.1. The third-order valence-corrected chi connectivity index (χ3v) is 7.71. The number of ether oxygens (including phenoxy) is 2. The SMILES string of the molecule is COc1cc(C(=O)N2CCC3(CC2)CC(=O)c2cc(-c4nn[nH]n4)ccc2O3)cc2c1ncn2C1CC1. The van der Waals surface area contributed by atoms with Crippen molar-refractivity contribution in [2.75, 3.05) is 20.2 Å². The molecule has 4 heterocycles. The number of hydrogen-bond acceptors (Lipinski definition) is 8. The number of piperidine rings is 1. The van der Waals surface area contributed by atoms with E-state index in [1.165, 1.54) is 0 Å². The van der Waals surface area contributed by atoms with Crippen molar-refractivity contribution in [2.24, 2.45) is 0 Å². The number of carbonyl (C=O) groups is 2. The van der Waals surface area contributed by atoms with Crippen LogP contribution in [-0.2, 0) is 0 Å². The van der Waals surface area contributed by atoms with Crippen molar-refractivity contribution in [2.45, 2.75) is 43.7 Å². The standard InChI is InChI=1S/C26H25N7O4/c1-36-22-12-16(11-19-23(22)27-14-33(19)17-3-4-17)25(35)32-8-6-26(7-9-32)13-20(34)18-10-15(2-5-21(18)37-26)24-28-30-31-29-24/h2,5,10-12,14,17H,3-4,6-9,13H2,1H3,(H,28,29,30,31). The Hall–Kier alpha value is -4.28. The van der Waals surface area contributed by atoms with Crippen LogP contribution in [0.3, 0.4) is 0 Å². The smallest absolute Gasteiger partial charge is 0.254 e. The average Bonchev–Trinajstić information content (AvgIpc) is 3.43. The molecule has 3 aliphatic rings. The number of Topliss-reactive ketones (excluding diaryl/α,β-unsaturated/α-hetero) is 1. The Kier molecular flexibility index (Phi) is 4.82. The fourth-order valence-corrected chi connectivity index (χ4v) is 5.52. The third-order valence-electron chi connectivity index (χ3n) is 7.71. The van der Waals surface area contributed by atoms with Crippen LogP contribution in [0.4, 0.5) is 0 Å². The summed E-state index contributed by atoms with van der Waals surface area (Å²) in [6, 6.07) is 9.52. The number of methoxy groups -OCH3 is 1.